The number of ether oxygens (including phenoxy) is 6. The first-order valence-electron chi connectivity index (χ1n) is 14.0. The van der Waals surface area contributed by atoms with Gasteiger partial charge in [-0.25, -0.2) is 9.59 Å². The van der Waals surface area contributed by atoms with Gasteiger partial charge in [0.05, 0.1) is 47.1 Å². The van der Waals surface area contributed by atoms with Gasteiger partial charge in [0.25, 0.3) is 0 Å². The smallest absolute Gasteiger partial charge is 0.493 e. The fraction of sp³-hybridized carbons (Fsp3) is 0.375. The van der Waals surface area contributed by atoms with E-state index in [2.05, 4.69) is 13.2 Å². The second-order valence-corrected chi connectivity index (χ2v) is 10.8. The molecule has 1 N–H and O–H groups in total. The highest BCUT2D eigenvalue weighted by Crippen LogP contribution is 2.30. The Hall–Kier alpha value is -3.71. The van der Waals surface area contributed by atoms with Gasteiger partial charge in [-0.2, -0.15) is 0 Å². The maximum absolute atomic E-state index is 12.8. The molecule has 0 amide bonds. The molecule has 10 nitrogen and oxygen atoms in total. The molecule has 0 unspecified atom stereocenters. The van der Waals surface area contributed by atoms with Crippen LogP contribution in [0.5, 0.6) is 17.2 Å². The van der Waals surface area contributed by atoms with Crippen molar-refractivity contribution in [3.8, 4) is 17.2 Å². The molecule has 0 bridgehead atoms. The summed E-state index contributed by atoms with van der Waals surface area (Å²) in [5.41, 5.74) is 0.344. The van der Waals surface area contributed by atoms with Crippen LogP contribution in [0.3, 0.4) is 0 Å². The van der Waals surface area contributed by atoms with Crippen LogP contribution in [0, 0.1) is 9.49 Å². The number of rotatable bonds is 16. The van der Waals surface area contributed by atoms with Crippen LogP contribution in [-0.2, 0) is 23.8 Å². The summed E-state index contributed by atoms with van der Waals surface area (Å²) in [4.78, 5) is 45.7. The lowest BCUT2D eigenvalue weighted by Gasteiger charge is -2.27. The zero-order valence-corrected chi connectivity index (χ0v) is 26.0. The van der Waals surface area contributed by atoms with Crippen molar-refractivity contribution in [2.45, 2.75) is 44.6 Å². The lowest BCUT2D eigenvalue weighted by Crippen LogP contribution is -2.29. The third-order valence-electron chi connectivity index (χ3n) is 6.46. The Bertz CT molecular complexity index is 1270. The average molecular weight is 708 g/mol. The van der Waals surface area contributed by atoms with Crippen molar-refractivity contribution in [3.63, 3.8) is 0 Å². The number of hydrogen-bond donors (Lipinski definition) is 0. The number of carbonyl (C=O) groups excluding carboxylic acids is 4. The van der Waals surface area contributed by atoms with Crippen molar-refractivity contribution < 1.29 is 47.6 Å². The summed E-state index contributed by atoms with van der Waals surface area (Å²) in [6, 6.07) is 11.4. The van der Waals surface area contributed by atoms with Crippen molar-refractivity contribution >= 4 is 46.5 Å². The van der Waals surface area contributed by atoms with Crippen molar-refractivity contribution in [2.75, 3.05) is 26.4 Å². The Kier molecular flexibility index (Phi) is 14.2. The molecule has 230 valence electrons. The molecule has 0 radical (unpaired) electrons. The van der Waals surface area contributed by atoms with Gasteiger partial charge in [0.2, 0.25) is 0 Å². The lowest BCUT2D eigenvalue weighted by molar-refractivity contribution is -0.141. The standard InChI is InChI=1S/C32H35IO10/c1-3-29(34)40-19-5-17-38-24-11-7-22(8-12-24)31(36)42-26-15-16-28(27(33)21-26)43-32(37)23-9-13-25(14-10-23)39-18-6-20-41-30(35)4-2/h3-4,9-10,13-16,21-22,24H,1-2,5-8,11-12,17-20H2/p+1. The molecule has 1 saturated carbocycles. The zero-order chi connectivity index (χ0) is 31.0. The quantitative estimate of drug-likeness (QED) is 0.0549. The van der Waals surface area contributed by atoms with Crippen molar-refractivity contribution in [3.05, 3.63) is 76.9 Å². The van der Waals surface area contributed by atoms with Crippen molar-refractivity contribution in [1.82, 2.24) is 0 Å². The molecule has 3 rings (SSSR count). The molecule has 0 saturated heterocycles. The van der Waals surface area contributed by atoms with E-state index >= 15 is 0 Å². The molecule has 0 aliphatic heterocycles. The predicted octanol–water partition coefficient (Wildman–Crippen LogP) is 5.58. The first-order valence-corrected chi connectivity index (χ1v) is 15.0. The van der Waals surface area contributed by atoms with Gasteiger partial charge < -0.3 is 33.2 Å². The van der Waals surface area contributed by atoms with E-state index in [0.717, 1.165) is 18.9 Å². The summed E-state index contributed by atoms with van der Waals surface area (Å²) in [7, 11) is 0. The minimum absolute atomic E-state index is 0.0836. The van der Waals surface area contributed by atoms with Crippen LogP contribution in [0.2, 0.25) is 0 Å². The van der Waals surface area contributed by atoms with Crippen molar-refractivity contribution in [2.24, 2.45) is 5.92 Å². The summed E-state index contributed by atoms with van der Waals surface area (Å²) in [5.74, 6) is -0.410. The Morgan fingerprint density at radius 1 is 0.837 bits per heavy atom. The molecule has 1 aliphatic carbocycles. The molecule has 0 aromatic heterocycles. The zero-order valence-electron chi connectivity index (χ0n) is 23.8. The Labute approximate surface area is 264 Å². The van der Waals surface area contributed by atoms with Crippen LogP contribution in [-0.4, -0.2) is 61.2 Å². The summed E-state index contributed by atoms with van der Waals surface area (Å²) in [6.07, 6.45) is 6.46. The molecule has 0 spiro atoms. The van der Waals surface area contributed by atoms with Gasteiger partial charge in [-0.05, 0) is 90.7 Å². The molecule has 0 heterocycles. The van der Waals surface area contributed by atoms with Crippen molar-refractivity contribution in [1.29, 1.82) is 0 Å². The molecule has 43 heavy (non-hydrogen) atoms. The minimum Gasteiger partial charge on any atom is -0.493 e. The van der Waals surface area contributed by atoms with Crippen LogP contribution in [0.25, 0.3) is 0 Å². The summed E-state index contributed by atoms with van der Waals surface area (Å²) in [6.45, 7) is 8.18. The largest absolute Gasteiger partial charge is 0.509 e. The van der Waals surface area contributed by atoms with E-state index in [1.54, 1.807) is 42.5 Å². The van der Waals surface area contributed by atoms with Crippen LogP contribution < -0.4 is 14.2 Å². The van der Waals surface area contributed by atoms with Gasteiger partial charge in [-0.1, -0.05) is 13.2 Å². The first-order chi connectivity index (χ1) is 20.8. The fourth-order valence-corrected chi connectivity index (χ4v) is 4.76. The second-order valence-electron chi connectivity index (χ2n) is 9.59. The van der Waals surface area contributed by atoms with Gasteiger partial charge in [0.15, 0.2) is 6.61 Å². The van der Waals surface area contributed by atoms with Crippen LogP contribution in [0.4, 0.5) is 0 Å². The second kappa shape index (κ2) is 18.1. The summed E-state index contributed by atoms with van der Waals surface area (Å²) >= 11 is 2.03. The monoisotopic (exact) mass is 707 g/mol. The lowest BCUT2D eigenvalue weighted by atomic mass is 9.87. The number of hydrogen-bond acceptors (Lipinski definition) is 9. The van der Waals surface area contributed by atoms with Gasteiger partial charge in [0.1, 0.15) is 17.2 Å². The maximum atomic E-state index is 12.8. The Morgan fingerprint density at radius 3 is 2.19 bits per heavy atom. The highest BCUT2D eigenvalue weighted by atomic mass is 127. The SMILES string of the molecule is C=CC(=O)OCCCOc1ccc(C(=O)Oc2ccc(OC(=O)C3CCC(OCCCOC(=[OH+])C=C)CC3)cc2I)cc1. The van der Waals surface area contributed by atoms with Gasteiger partial charge in [0, 0.05) is 18.9 Å². The van der Waals surface area contributed by atoms with Crippen LogP contribution in [0.15, 0.2) is 67.8 Å². The fourth-order valence-electron chi connectivity index (χ4n) is 4.16. The molecule has 2 aromatic rings. The summed E-state index contributed by atoms with van der Waals surface area (Å²) in [5, 5.41) is 0. The Morgan fingerprint density at radius 2 is 1.51 bits per heavy atom. The van der Waals surface area contributed by atoms with E-state index in [4.69, 9.17) is 28.4 Å². The van der Waals surface area contributed by atoms with E-state index in [1.165, 1.54) is 6.08 Å². The van der Waals surface area contributed by atoms with E-state index < -0.39 is 11.9 Å². The molecule has 11 heteroatoms. The number of halogens is 1. The van der Waals surface area contributed by atoms with Gasteiger partial charge in [-0.3, -0.25) is 4.79 Å². The molecular formula is C32H36IO10+. The van der Waals surface area contributed by atoms with E-state index in [0.29, 0.717) is 71.9 Å². The van der Waals surface area contributed by atoms with E-state index in [9.17, 15) is 19.2 Å². The molecule has 1 fully saturated rings. The maximum Gasteiger partial charge on any atom is 0.509 e. The number of esters is 4. The minimum atomic E-state index is -0.537. The van der Waals surface area contributed by atoms with E-state index in [-0.39, 0.29) is 30.6 Å². The van der Waals surface area contributed by atoms with Crippen LogP contribution in [0.1, 0.15) is 48.9 Å². The van der Waals surface area contributed by atoms with Crippen LogP contribution >= 0.6 is 22.6 Å². The third kappa shape index (κ3) is 11.8. The average Bonchev–Trinajstić information content (AvgIpc) is 3.02. The van der Waals surface area contributed by atoms with E-state index in [1.807, 2.05) is 22.6 Å². The first kappa shape index (κ1) is 33.8. The normalized spacial score (nSPS) is 15.9. The number of carbonyl (C=O) groups is 3. The highest BCUT2D eigenvalue weighted by molar-refractivity contribution is 14.1. The highest BCUT2D eigenvalue weighted by Gasteiger charge is 2.28. The summed E-state index contributed by atoms with van der Waals surface area (Å²) < 4.78 is 33.2. The molecule has 0 atom stereocenters. The molecule has 2 aromatic carbocycles. The Balaban J connectivity index is 1.38. The number of benzene rings is 2. The topological polar surface area (TPSA) is 128 Å². The third-order valence-corrected chi connectivity index (χ3v) is 7.30. The predicted molar refractivity (Wildman–Crippen MR) is 167 cm³/mol. The molecule has 1 aliphatic rings. The van der Waals surface area contributed by atoms with Gasteiger partial charge >= 0.3 is 23.9 Å². The molecular weight excluding hydrogens is 671 g/mol. The van der Waals surface area contributed by atoms with Gasteiger partial charge in [-0.15, -0.1) is 0 Å².